The van der Waals surface area contributed by atoms with Crippen LogP contribution in [0.3, 0.4) is 0 Å². The van der Waals surface area contributed by atoms with E-state index in [0.717, 1.165) is 24.9 Å². The summed E-state index contributed by atoms with van der Waals surface area (Å²) in [5.74, 6) is 1.03. The molecule has 23 heavy (non-hydrogen) atoms. The molecule has 0 aromatic heterocycles. The van der Waals surface area contributed by atoms with Gasteiger partial charge in [-0.15, -0.1) is 0 Å². The van der Waals surface area contributed by atoms with E-state index < -0.39 is 6.29 Å². The average Bonchev–Trinajstić information content (AvgIpc) is 2.51. The Bertz CT molecular complexity index is 596. The molecule has 2 aromatic carbocycles. The Hall–Kier alpha value is -2.04. The van der Waals surface area contributed by atoms with E-state index in [-0.39, 0.29) is 0 Å². The Kier molecular flexibility index (Phi) is 6.44. The molecule has 0 saturated carbocycles. The summed E-state index contributed by atoms with van der Waals surface area (Å²) in [5, 5.41) is 22.4. The molecular formula is C19H25NO3. The number of hydrogen-bond acceptors (Lipinski definition) is 4. The van der Waals surface area contributed by atoms with Crippen LogP contribution in [0, 0.1) is 0 Å². The van der Waals surface area contributed by atoms with Gasteiger partial charge >= 0.3 is 0 Å². The summed E-state index contributed by atoms with van der Waals surface area (Å²) in [7, 11) is 0. The van der Waals surface area contributed by atoms with E-state index >= 15 is 0 Å². The van der Waals surface area contributed by atoms with Gasteiger partial charge in [-0.05, 0) is 62.6 Å². The number of benzene rings is 2. The first-order valence-electron chi connectivity index (χ1n) is 7.98. The van der Waals surface area contributed by atoms with Gasteiger partial charge in [-0.1, -0.05) is 30.3 Å². The molecule has 2 aromatic rings. The van der Waals surface area contributed by atoms with Crippen molar-refractivity contribution in [1.29, 1.82) is 0 Å². The SMILES string of the molecule is CC(Cc1ccc(OC(C)O)cc1)NCCc1ccccc1O. The molecular weight excluding hydrogens is 290 g/mol. The summed E-state index contributed by atoms with van der Waals surface area (Å²) in [5.41, 5.74) is 2.18. The molecule has 0 fully saturated rings. The summed E-state index contributed by atoms with van der Waals surface area (Å²) < 4.78 is 5.22. The number of phenols is 1. The van der Waals surface area contributed by atoms with E-state index in [1.165, 1.54) is 5.56 Å². The molecule has 2 atom stereocenters. The number of rotatable bonds is 8. The van der Waals surface area contributed by atoms with E-state index in [1.807, 2.05) is 42.5 Å². The zero-order valence-electron chi connectivity index (χ0n) is 13.7. The molecule has 0 amide bonds. The van der Waals surface area contributed by atoms with E-state index in [0.29, 0.717) is 17.5 Å². The summed E-state index contributed by atoms with van der Waals surface area (Å²) >= 11 is 0. The third kappa shape index (κ3) is 5.93. The second kappa shape index (κ2) is 8.56. The van der Waals surface area contributed by atoms with Gasteiger partial charge in [-0.25, -0.2) is 0 Å². The molecule has 0 spiro atoms. The van der Waals surface area contributed by atoms with Crippen LogP contribution in [-0.2, 0) is 12.8 Å². The maximum atomic E-state index is 9.74. The lowest BCUT2D eigenvalue weighted by molar-refractivity contribution is -0.000306. The second-order valence-electron chi connectivity index (χ2n) is 5.80. The highest BCUT2D eigenvalue weighted by atomic mass is 16.6. The molecule has 4 heteroatoms. The Balaban J connectivity index is 1.76. The minimum atomic E-state index is -0.796. The molecule has 0 bridgehead atoms. The standard InChI is InChI=1S/C19H25NO3/c1-14(20-12-11-17-5-3-4-6-19(17)22)13-16-7-9-18(10-8-16)23-15(2)21/h3-10,14-15,20-22H,11-13H2,1-2H3. The van der Waals surface area contributed by atoms with Crippen LogP contribution in [0.4, 0.5) is 0 Å². The van der Waals surface area contributed by atoms with Crippen LogP contribution in [0.2, 0.25) is 0 Å². The van der Waals surface area contributed by atoms with Crippen molar-refractivity contribution >= 4 is 0 Å². The fourth-order valence-electron chi connectivity index (χ4n) is 2.50. The van der Waals surface area contributed by atoms with Gasteiger partial charge in [-0.2, -0.15) is 0 Å². The smallest absolute Gasteiger partial charge is 0.194 e. The number of phenolic OH excluding ortho intramolecular Hbond substituents is 1. The molecule has 0 saturated heterocycles. The van der Waals surface area contributed by atoms with Gasteiger partial charge in [0, 0.05) is 6.04 Å². The third-order valence-corrected chi connectivity index (χ3v) is 3.65. The highest BCUT2D eigenvalue weighted by Crippen LogP contribution is 2.16. The maximum Gasteiger partial charge on any atom is 0.194 e. The van der Waals surface area contributed by atoms with E-state index in [9.17, 15) is 10.2 Å². The maximum absolute atomic E-state index is 9.74. The van der Waals surface area contributed by atoms with Crippen molar-refractivity contribution in [3.8, 4) is 11.5 Å². The van der Waals surface area contributed by atoms with E-state index in [2.05, 4.69) is 12.2 Å². The quantitative estimate of drug-likeness (QED) is 0.656. The Labute approximate surface area is 137 Å². The first kappa shape index (κ1) is 17.3. The monoisotopic (exact) mass is 315 g/mol. The molecule has 4 nitrogen and oxygen atoms in total. The number of hydrogen-bond donors (Lipinski definition) is 3. The molecule has 0 aliphatic heterocycles. The van der Waals surface area contributed by atoms with Crippen LogP contribution in [-0.4, -0.2) is 29.1 Å². The molecule has 124 valence electrons. The van der Waals surface area contributed by atoms with E-state index in [4.69, 9.17) is 4.74 Å². The Morgan fingerprint density at radius 3 is 2.39 bits per heavy atom. The lowest BCUT2D eigenvalue weighted by Gasteiger charge is -2.15. The first-order chi connectivity index (χ1) is 11.0. The molecule has 0 aliphatic carbocycles. The summed E-state index contributed by atoms with van der Waals surface area (Å²) in [6.45, 7) is 4.55. The third-order valence-electron chi connectivity index (χ3n) is 3.65. The number of aromatic hydroxyl groups is 1. The fourth-order valence-corrected chi connectivity index (χ4v) is 2.50. The largest absolute Gasteiger partial charge is 0.508 e. The average molecular weight is 315 g/mol. The van der Waals surface area contributed by atoms with Crippen LogP contribution >= 0.6 is 0 Å². The van der Waals surface area contributed by atoms with Crippen LogP contribution in [0.5, 0.6) is 11.5 Å². The molecule has 0 radical (unpaired) electrons. The number of nitrogens with one attached hydrogen (secondary N) is 1. The molecule has 0 aliphatic rings. The zero-order valence-corrected chi connectivity index (χ0v) is 13.7. The molecule has 2 rings (SSSR count). The van der Waals surface area contributed by atoms with Gasteiger partial charge < -0.3 is 20.3 Å². The van der Waals surface area contributed by atoms with Crippen molar-refractivity contribution in [2.24, 2.45) is 0 Å². The van der Waals surface area contributed by atoms with Crippen molar-refractivity contribution < 1.29 is 14.9 Å². The predicted molar refractivity (Wildman–Crippen MR) is 91.7 cm³/mol. The Morgan fingerprint density at radius 2 is 1.74 bits per heavy atom. The number of ether oxygens (including phenoxy) is 1. The van der Waals surface area contributed by atoms with Gasteiger partial charge in [0.05, 0.1) is 0 Å². The van der Waals surface area contributed by atoms with Gasteiger partial charge in [0.25, 0.3) is 0 Å². The van der Waals surface area contributed by atoms with Crippen molar-refractivity contribution in [2.75, 3.05) is 6.54 Å². The van der Waals surface area contributed by atoms with Gasteiger partial charge in [0.1, 0.15) is 11.5 Å². The Morgan fingerprint density at radius 1 is 1.04 bits per heavy atom. The topological polar surface area (TPSA) is 61.7 Å². The van der Waals surface area contributed by atoms with Crippen LogP contribution in [0.15, 0.2) is 48.5 Å². The van der Waals surface area contributed by atoms with Crippen molar-refractivity contribution in [2.45, 2.75) is 39.0 Å². The summed E-state index contributed by atoms with van der Waals surface area (Å²) in [6.07, 6.45) is 0.921. The highest BCUT2D eigenvalue weighted by Gasteiger charge is 2.05. The van der Waals surface area contributed by atoms with Crippen molar-refractivity contribution in [1.82, 2.24) is 5.32 Å². The number of para-hydroxylation sites is 1. The summed E-state index contributed by atoms with van der Waals surface area (Å²) in [4.78, 5) is 0. The lowest BCUT2D eigenvalue weighted by atomic mass is 10.1. The minimum Gasteiger partial charge on any atom is -0.508 e. The van der Waals surface area contributed by atoms with Crippen LogP contribution in [0.1, 0.15) is 25.0 Å². The minimum absolute atomic E-state index is 0.337. The van der Waals surface area contributed by atoms with Gasteiger partial charge in [0.15, 0.2) is 6.29 Å². The molecule has 3 N–H and O–H groups in total. The fraction of sp³-hybridized carbons (Fsp3) is 0.368. The van der Waals surface area contributed by atoms with Crippen molar-refractivity contribution in [3.05, 3.63) is 59.7 Å². The second-order valence-corrected chi connectivity index (χ2v) is 5.80. The zero-order chi connectivity index (χ0) is 16.7. The van der Waals surface area contributed by atoms with Gasteiger partial charge in [0.2, 0.25) is 0 Å². The highest BCUT2D eigenvalue weighted by molar-refractivity contribution is 5.32. The first-order valence-corrected chi connectivity index (χ1v) is 7.98. The molecule has 2 unspecified atom stereocenters. The predicted octanol–water partition coefficient (Wildman–Crippen LogP) is 2.87. The summed E-state index contributed by atoms with van der Waals surface area (Å²) in [6, 6.07) is 15.5. The van der Waals surface area contributed by atoms with E-state index in [1.54, 1.807) is 13.0 Å². The number of aliphatic hydroxyl groups excluding tert-OH is 1. The normalized spacial score (nSPS) is 13.5. The van der Waals surface area contributed by atoms with Crippen molar-refractivity contribution in [3.63, 3.8) is 0 Å². The van der Waals surface area contributed by atoms with Gasteiger partial charge in [-0.3, -0.25) is 0 Å². The lowest BCUT2D eigenvalue weighted by Crippen LogP contribution is -2.30. The van der Waals surface area contributed by atoms with Crippen LogP contribution < -0.4 is 10.1 Å². The molecule has 0 heterocycles. The number of aliphatic hydroxyl groups is 1. The van der Waals surface area contributed by atoms with Crippen LogP contribution in [0.25, 0.3) is 0 Å².